The molecule has 0 aliphatic heterocycles. The van der Waals surface area contributed by atoms with E-state index in [9.17, 15) is 13.9 Å². The minimum atomic E-state index is -3.97. The molecule has 0 aliphatic rings. The van der Waals surface area contributed by atoms with Gasteiger partial charge < -0.3 is 23.4 Å². The van der Waals surface area contributed by atoms with Crippen molar-refractivity contribution < 1.29 is 32.0 Å². The second-order valence-electron chi connectivity index (χ2n) is 3.84. The highest BCUT2D eigenvalue weighted by atomic mass is 31.2. The Morgan fingerprint density at radius 1 is 0.955 bits per heavy atom. The van der Waals surface area contributed by atoms with E-state index in [4.69, 9.17) is 18.1 Å². The maximum atomic E-state index is 12.9. The Morgan fingerprint density at radius 2 is 1.27 bits per heavy atom. The Bertz CT molecular complexity index is 405. The molecule has 0 heterocycles. The number of hydrogen-bond acceptors (Lipinski definition) is 7. The van der Waals surface area contributed by atoms with Crippen molar-refractivity contribution >= 4 is 21.1 Å². The predicted molar refractivity (Wildman–Crippen MR) is 83.8 cm³/mol. The molecule has 0 rings (SSSR count). The van der Waals surface area contributed by atoms with E-state index in [1.165, 1.54) is 0 Å². The van der Waals surface area contributed by atoms with Crippen LogP contribution < -0.4 is 5.32 Å². The van der Waals surface area contributed by atoms with Crippen LogP contribution in [0.2, 0.25) is 0 Å². The Kier molecular flexibility index (Phi) is 10.1. The fourth-order valence-electron chi connectivity index (χ4n) is 1.59. The molecule has 0 saturated heterocycles. The van der Waals surface area contributed by atoms with Gasteiger partial charge in [0, 0.05) is 0 Å². The summed E-state index contributed by atoms with van der Waals surface area (Å²) in [5, 5.41) is 2.30. The van der Waals surface area contributed by atoms with E-state index in [0.717, 1.165) is 6.08 Å². The summed E-state index contributed by atoms with van der Waals surface area (Å²) < 4.78 is 46.5. The first-order valence-corrected chi connectivity index (χ1v) is 10.3. The molecular weight excluding hydrogens is 332 g/mol. The number of amides is 1. The lowest BCUT2D eigenvalue weighted by Crippen LogP contribution is -2.36. The minimum Gasteiger partial charge on any atom is -0.329 e. The van der Waals surface area contributed by atoms with Crippen LogP contribution in [0.5, 0.6) is 0 Å². The number of nitrogens with one attached hydrogen (secondary N) is 1. The van der Waals surface area contributed by atoms with Gasteiger partial charge in [-0.1, -0.05) is 6.58 Å². The second kappa shape index (κ2) is 10.3. The average molecular weight is 357 g/mol. The smallest absolute Gasteiger partial charge is 0.329 e. The van der Waals surface area contributed by atoms with Crippen LogP contribution in [-0.4, -0.2) is 37.9 Å². The van der Waals surface area contributed by atoms with Gasteiger partial charge in [-0.15, -0.1) is 0 Å². The molecule has 0 atom stereocenters. The third kappa shape index (κ3) is 5.95. The van der Waals surface area contributed by atoms with Gasteiger partial charge in [0.15, 0.2) is 0 Å². The molecule has 8 nitrogen and oxygen atoms in total. The second-order valence-corrected chi connectivity index (χ2v) is 8.47. The topological polar surface area (TPSA) is 100 Å². The van der Waals surface area contributed by atoms with Crippen LogP contribution in [0.25, 0.3) is 0 Å². The summed E-state index contributed by atoms with van der Waals surface area (Å²) in [7, 11) is -7.94. The standard InChI is InChI=1S/C12H25NO7P2/c1-6-11(14)13-12(21(15,17-7-2)18-8-3)22(16,19-9-4)20-10-5/h6,12H,1,7-10H2,2-5H3,(H,13,14). The van der Waals surface area contributed by atoms with Crippen LogP contribution in [0.15, 0.2) is 12.7 Å². The van der Waals surface area contributed by atoms with Gasteiger partial charge in [-0.25, -0.2) is 0 Å². The summed E-state index contributed by atoms with van der Waals surface area (Å²) in [6, 6.07) is 0. The van der Waals surface area contributed by atoms with Crippen molar-refractivity contribution in [2.24, 2.45) is 0 Å². The molecule has 0 aliphatic carbocycles. The molecule has 0 aromatic heterocycles. The maximum Gasteiger partial charge on any atom is 0.365 e. The lowest BCUT2D eigenvalue weighted by molar-refractivity contribution is -0.116. The highest BCUT2D eigenvalue weighted by Gasteiger charge is 2.51. The van der Waals surface area contributed by atoms with E-state index in [-0.39, 0.29) is 26.4 Å². The summed E-state index contributed by atoms with van der Waals surface area (Å²) in [5.41, 5.74) is -1.56. The van der Waals surface area contributed by atoms with Crippen LogP contribution in [0, 0.1) is 0 Å². The van der Waals surface area contributed by atoms with E-state index >= 15 is 0 Å². The Labute approximate surface area is 131 Å². The van der Waals surface area contributed by atoms with Gasteiger partial charge in [0.1, 0.15) is 0 Å². The number of hydrogen-bond donors (Lipinski definition) is 1. The van der Waals surface area contributed by atoms with Gasteiger partial charge in [-0.05, 0) is 33.8 Å². The van der Waals surface area contributed by atoms with E-state index in [0.29, 0.717) is 0 Å². The van der Waals surface area contributed by atoms with Crippen molar-refractivity contribution in [3.63, 3.8) is 0 Å². The molecule has 130 valence electrons. The molecule has 0 bridgehead atoms. The molecule has 0 aromatic carbocycles. The minimum absolute atomic E-state index is 0.0377. The molecular formula is C12H25NO7P2. The van der Waals surface area contributed by atoms with Crippen molar-refractivity contribution in [1.82, 2.24) is 5.32 Å². The monoisotopic (exact) mass is 357 g/mol. The molecule has 0 unspecified atom stereocenters. The number of carbonyl (C=O) groups excluding carboxylic acids is 1. The van der Waals surface area contributed by atoms with Crippen molar-refractivity contribution in [2.45, 2.75) is 33.2 Å². The van der Waals surface area contributed by atoms with Crippen LogP contribution in [0.4, 0.5) is 0 Å². The van der Waals surface area contributed by atoms with Gasteiger partial charge in [0.25, 0.3) is 0 Å². The van der Waals surface area contributed by atoms with Gasteiger partial charge in [-0.3, -0.25) is 13.9 Å². The molecule has 22 heavy (non-hydrogen) atoms. The normalized spacial score (nSPS) is 12.4. The highest BCUT2D eigenvalue weighted by molar-refractivity contribution is 7.72. The zero-order chi connectivity index (χ0) is 17.2. The lowest BCUT2D eigenvalue weighted by Gasteiger charge is -2.31. The first-order valence-electron chi connectivity index (χ1n) is 7.03. The largest absolute Gasteiger partial charge is 0.365 e. The van der Waals surface area contributed by atoms with E-state index in [1.54, 1.807) is 27.7 Å². The lowest BCUT2D eigenvalue weighted by atomic mass is 10.6. The summed E-state index contributed by atoms with van der Waals surface area (Å²) >= 11 is 0. The number of rotatable bonds is 12. The maximum absolute atomic E-state index is 12.9. The third-order valence-electron chi connectivity index (χ3n) is 2.29. The van der Waals surface area contributed by atoms with Crippen molar-refractivity contribution in [3.05, 3.63) is 12.7 Å². The van der Waals surface area contributed by atoms with Gasteiger partial charge >= 0.3 is 15.2 Å². The van der Waals surface area contributed by atoms with Crippen LogP contribution in [0.3, 0.4) is 0 Å². The van der Waals surface area contributed by atoms with Crippen molar-refractivity contribution in [3.8, 4) is 0 Å². The summed E-state index contributed by atoms with van der Waals surface area (Å²) in [6.45, 7) is 9.86. The van der Waals surface area contributed by atoms with Crippen LogP contribution in [0.1, 0.15) is 27.7 Å². The van der Waals surface area contributed by atoms with E-state index < -0.39 is 26.6 Å². The summed E-state index contributed by atoms with van der Waals surface area (Å²) in [6.07, 6.45) is 0.956. The molecule has 10 heteroatoms. The highest BCUT2D eigenvalue weighted by Crippen LogP contribution is 2.69. The fourth-order valence-corrected chi connectivity index (χ4v) is 6.50. The summed E-state index contributed by atoms with van der Waals surface area (Å²) in [4.78, 5) is 11.6. The molecule has 0 spiro atoms. The van der Waals surface area contributed by atoms with Gasteiger partial charge in [0.05, 0.1) is 26.4 Å². The van der Waals surface area contributed by atoms with E-state index in [2.05, 4.69) is 11.9 Å². The average Bonchev–Trinajstić information content (AvgIpc) is 2.45. The molecule has 0 fully saturated rings. The van der Waals surface area contributed by atoms with Crippen molar-refractivity contribution in [2.75, 3.05) is 26.4 Å². The van der Waals surface area contributed by atoms with Crippen molar-refractivity contribution in [1.29, 1.82) is 0 Å². The summed E-state index contributed by atoms with van der Waals surface area (Å²) in [5.74, 6) is -0.690. The molecule has 1 N–H and O–H groups in total. The Morgan fingerprint density at radius 3 is 1.50 bits per heavy atom. The number of carbonyl (C=O) groups is 1. The SMILES string of the molecule is C=CC(=O)NC(P(=O)(OCC)OCC)P(=O)(OCC)OCC. The quantitative estimate of drug-likeness (QED) is 0.423. The van der Waals surface area contributed by atoms with Gasteiger partial charge in [0.2, 0.25) is 11.4 Å². The van der Waals surface area contributed by atoms with Gasteiger partial charge in [-0.2, -0.15) is 0 Å². The molecule has 0 saturated carbocycles. The van der Waals surface area contributed by atoms with Crippen LogP contribution in [-0.2, 0) is 32.0 Å². The third-order valence-corrected chi connectivity index (χ3v) is 7.92. The molecule has 1 amide bonds. The fraction of sp³-hybridized carbons (Fsp3) is 0.750. The van der Waals surface area contributed by atoms with Crippen LogP contribution >= 0.6 is 15.2 Å². The predicted octanol–water partition coefficient (Wildman–Crippen LogP) is 3.10. The first-order chi connectivity index (χ1) is 10.3. The Hall–Kier alpha value is -0.490. The van der Waals surface area contributed by atoms with E-state index in [1.807, 2.05) is 0 Å². The molecule has 0 radical (unpaired) electrons. The molecule has 0 aromatic rings. The first kappa shape index (κ1) is 21.5. The Balaban J connectivity index is 5.84. The zero-order valence-corrected chi connectivity index (χ0v) is 15.2. The zero-order valence-electron chi connectivity index (χ0n) is 13.4.